The van der Waals surface area contributed by atoms with E-state index >= 15 is 0 Å². The summed E-state index contributed by atoms with van der Waals surface area (Å²) < 4.78 is 11.4. The number of carbonyl (C=O) groups is 1. The zero-order valence-corrected chi connectivity index (χ0v) is 14.4. The Bertz CT molecular complexity index is 491. The van der Waals surface area contributed by atoms with Crippen LogP contribution in [0.3, 0.4) is 0 Å². The third-order valence-corrected chi connectivity index (χ3v) is 4.87. The maximum absolute atomic E-state index is 12.8. The van der Waals surface area contributed by atoms with Crippen LogP contribution in [0.2, 0.25) is 0 Å². The van der Waals surface area contributed by atoms with Gasteiger partial charge in [-0.05, 0) is 40.9 Å². The third kappa shape index (κ3) is 4.00. The third-order valence-electron chi connectivity index (χ3n) is 4.21. The number of ketones is 1. The second-order valence-corrected chi connectivity index (χ2v) is 6.45. The Labute approximate surface area is 135 Å². The van der Waals surface area contributed by atoms with Crippen molar-refractivity contribution in [2.75, 3.05) is 14.2 Å². The van der Waals surface area contributed by atoms with Crippen molar-refractivity contribution in [3.8, 4) is 11.5 Å². The van der Waals surface area contributed by atoms with Crippen LogP contribution in [0.15, 0.2) is 16.6 Å². The van der Waals surface area contributed by atoms with Crippen molar-refractivity contribution in [2.45, 2.75) is 44.9 Å². The molecule has 0 unspecified atom stereocenters. The number of halogens is 1. The minimum atomic E-state index is 0.139. The van der Waals surface area contributed by atoms with Crippen molar-refractivity contribution < 1.29 is 14.3 Å². The van der Waals surface area contributed by atoms with E-state index in [0.29, 0.717) is 17.1 Å². The van der Waals surface area contributed by atoms with E-state index in [1.807, 2.05) is 6.07 Å². The highest BCUT2D eigenvalue weighted by Crippen LogP contribution is 2.36. The molecule has 0 atom stereocenters. The van der Waals surface area contributed by atoms with Crippen LogP contribution in [0, 0.1) is 5.92 Å². The minimum Gasteiger partial charge on any atom is -0.493 e. The van der Waals surface area contributed by atoms with Crippen molar-refractivity contribution in [1.82, 2.24) is 0 Å². The van der Waals surface area contributed by atoms with Crippen molar-refractivity contribution >= 4 is 21.7 Å². The maximum atomic E-state index is 12.8. The Morgan fingerprint density at radius 1 is 1.00 bits per heavy atom. The lowest BCUT2D eigenvalue weighted by Gasteiger charge is -2.20. The fourth-order valence-corrected chi connectivity index (χ4v) is 3.50. The summed E-state index contributed by atoms with van der Waals surface area (Å²) in [7, 11) is 3.19. The van der Waals surface area contributed by atoms with Gasteiger partial charge in [-0.3, -0.25) is 4.79 Å². The van der Waals surface area contributed by atoms with Crippen LogP contribution in [0.1, 0.15) is 55.3 Å². The van der Waals surface area contributed by atoms with Gasteiger partial charge in [-0.1, -0.05) is 32.1 Å². The molecule has 2 rings (SSSR count). The lowest BCUT2D eigenvalue weighted by Crippen LogP contribution is -2.17. The van der Waals surface area contributed by atoms with E-state index in [2.05, 4.69) is 15.9 Å². The van der Waals surface area contributed by atoms with Gasteiger partial charge in [0.25, 0.3) is 0 Å². The van der Waals surface area contributed by atoms with E-state index in [1.165, 1.54) is 19.3 Å². The zero-order valence-electron chi connectivity index (χ0n) is 12.8. The van der Waals surface area contributed by atoms with Gasteiger partial charge in [0, 0.05) is 16.0 Å². The summed E-state index contributed by atoms with van der Waals surface area (Å²) in [5.41, 5.74) is 0.707. The summed E-state index contributed by atoms with van der Waals surface area (Å²) in [5, 5.41) is 0. The van der Waals surface area contributed by atoms with Crippen LogP contribution < -0.4 is 9.47 Å². The van der Waals surface area contributed by atoms with Crippen LogP contribution >= 0.6 is 15.9 Å². The van der Waals surface area contributed by atoms with Crippen LogP contribution in [-0.4, -0.2) is 20.0 Å². The normalized spacial score (nSPS) is 16.9. The summed E-state index contributed by atoms with van der Waals surface area (Å²) in [6.07, 6.45) is 8.11. The lowest BCUT2D eigenvalue weighted by molar-refractivity contribution is 0.0897. The first-order valence-corrected chi connectivity index (χ1v) is 8.42. The second-order valence-electron chi connectivity index (χ2n) is 5.59. The molecule has 1 aromatic carbocycles. The summed E-state index contributed by atoms with van der Waals surface area (Å²) in [6.45, 7) is 0. The zero-order chi connectivity index (χ0) is 15.2. The number of carbonyl (C=O) groups excluding carboxylic acids is 1. The molecular weight excluding hydrogens is 332 g/mol. The molecule has 0 aliphatic heterocycles. The maximum Gasteiger partial charge on any atom is 0.167 e. The number of hydrogen-bond donors (Lipinski definition) is 0. The molecule has 0 saturated heterocycles. The highest BCUT2D eigenvalue weighted by atomic mass is 79.9. The second kappa shape index (κ2) is 7.83. The van der Waals surface area contributed by atoms with Gasteiger partial charge in [0.2, 0.25) is 0 Å². The van der Waals surface area contributed by atoms with E-state index in [4.69, 9.17) is 9.47 Å². The Kier molecular flexibility index (Phi) is 6.09. The largest absolute Gasteiger partial charge is 0.493 e. The Morgan fingerprint density at radius 3 is 2.10 bits per heavy atom. The lowest BCUT2D eigenvalue weighted by atomic mass is 9.85. The summed E-state index contributed by atoms with van der Waals surface area (Å²) in [5.74, 6) is 1.61. The number of rotatable bonds is 4. The van der Waals surface area contributed by atoms with E-state index in [-0.39, 0.29) is 11.7 Å². The van der Waals surface area contributed by atoms with Crippen molar-refractivity contribution in [3.63, 3.8) is 0 Å². The molecule has 0 heterocycles. The van der Waals surface area contributed by atoms with Crippen molar-refractivity contribution in [3.05, 3.63) is 22.2 Å². The molecule has 1 aliphatic carbocycles. The topological polar surface area (TPSA) is 35.5 Å². The quantitative estimate of drug-likeness (QED) is 0.713. The molecule has 0 radical (unpaired) electrons. The van der Waals surface area contributed by atoms with Crippen LogP contribution in [-0.2, 0) is 0 Å². The Morgan fingerprint density at radius 2 is 1.52 bits per heavy atom. The molecule has 1 aliphatic rings. The average Bonchev–Trinajstić information content (AvgIpc) is 2.46. The predicted octanol–water partition coefficient (Wildman–Crippen LogP) is 5.01. The molecule has 1 saturated carbocycles. The highest BCUT2D eigenvalue weighted by Gasteiger charge is 2.24. The molecule has 0 bridgehead atoms. The molecule has 1 fully saturated rings. The highest BCUT2D eigenvalue weighted by molar-refractivity contribution is 9.10. The van der Waals surface area contributed by atoms with Crippen LogP contribution in [0.4, 0.5) is 0 Å². The number of methoxy groups -OCH3 is 2. The minimum absolute atomic E-state index is 0.139. The summed E-state index contributed by atoms with van der Waals surface area (Å²) in [6, 6.07) is 3.61. The van der Waals surface area contributed by atoms with Crippen LogP contribution in [0.5, 0.6) is 11.5 Å². The molecule has 0 amide bonds. The molecule has 4 heteroatoms. The first-order chi connectivity index (χ1) is 10.2. The number of benzene rings is 1. The number of Topliss-reactive ketones (excluding diaryl/α,β-unsaturated/α-hetero) is 1. The van der Waals surface area contributed by atoms with E-state index in [1.54, 1.807) is 20.3 Å². The average molecular weight is 355 g/mol. The van der Waals surface area contributed by atoms with Gasteiger partial charge in [-0.25, -0.2) is 0 Å². The van der Waals surface area contributed by atoms with Gasteiger partial charge in [0.05, 0.1) is 14.2 Å². The monoisotopic (exact) mass is 354 g/mol. The van der Waals surface area contributed by atoms with Gasteiger partial charge >= 0.3 is 0 Å². The molecule has 1 aromatic rings. The van der Waals surface area contributed by atoms with Gasteiger partial charge in [-0.15, -0.1) is 0 Å². The summed E-state index contributed by atoms with van der Waals surface area (Å²) >= 11 is 3.50. The fraction of sp³-hybridized carbons (Fsp3) is 0.588. The van der Waals surface area contributed by atoms with E-state index in [9.17, 15) is 4.79 Å². The first-order valence-electron chi connectivity index (χ1n) is 7.63. The van der Waals surface area contributed by atoms with Gasteiger partial charge in [0.1, 0.15) is 0 Å². The number of hydrogen-bond acceptors (Lipinski definition) is 3. The molecule has 116 valence electrons. The molecule has 0 spiro atoms. The molecule has 0 N–H and O–H groups in total. The molecule has 3 nitrogen and oxygen atoms in total. The fourth-order valence-electron chi connectivity index (χ4n) is 2.98. The Hall–Kier alpha value is -1.03. The van der Waals surface area contributed by atoms with Gasteiger partial charge in [0.15, 0.2) is 17.3 Å². The first kappa shape index (κ1) is 16.3. The van der Waals surface area contributed by atoms with Gasteiger partial charge in [-0.2, -0.15) is 0 Å². The summed E-state index contributed by atoms with van der Waals surface area (Å²) in [4.78, 5) is 12.8. The van der Waals surface area contributed by atoms with Crippen molar-refractivity contribution in [1.29, 1.82) is 0 Å². The smallest absolute Gasteiger partial charge is 0.167 e. The standard InChI is InChI=1S/C17H23BrO3/c1-20-15-10-13(14(18)11-16(15)21-2)17(19)12-8-6-4-3-5-7-9-12/h10-12H,3-9H2,1-2H3. The van der Waals surface area contributed by atoms with Crippen molar-refractivity contribution in [2.24, 2.45) is 5.92 Å². The van der Waals surface area contributed by atoms with E-state index < -0.39 is 0 Å². The van der Waals surface area contributed by atoms with Crippen LogP contribution in [0.25, 0.3) is 0 Å². The predicted molar refractivity (Wildman–Crippen MR) is 87.4 cm³/mol. The molecule has 21 heavy (non-hydrogen) atoms. The molecular formula is C17H23BrO3. The Balaban J connectivity index is 2.24. The van der Waals surface area contributed by atoms with E-state index in [0.717, 1.165) is 30.2 Å². The molecule has 0 aromatic heterocycles. The number of ether oxygens (including phenoxy) is 2. The SMILES string of the molecule is COc1cc(Br)c(C(=O)C2CCCCCCC2)cc1OC. The van der Waals surface area contributed by atoms with Gasteiger partial charge < -0.3 is 9.47 Å².